The van der Waals surface area contributed by atoms with Crippen LogP contribution in [0.2, 0.25) is 5.02 Å². The van der Waals surface area contributed by atoms with Crippen LogP contribution in [-0.4, -0.2) is 49.1 Å². The van der Waals surface area contributed by atoms with Crippen LogP contribution in [0, 0.1) is 5.82 Å². The number of aliphatic hydroxyl groups is 1. The Morgan fingerprint density at radius 2 is 2.00 bits per heavy atom. The zero-order chi connectivity index (χ0) is 20.5. The van der Waals surface area contributed by atoms with Gasteiger partial charge in [-0.25, -0.2) is 17.2 Å². The van der Waals surface area contributed by atoms with E-state index in [-0.39, 0.29) is 34.1 Å². The van der Waals surface area contributed by atoms with Crippen molar-refractivity contribution in [2.45, 2.75) is 23.6 Å². The predicted octanol–water partition coefficient (Wildman–Crippen LogP) is 2.82. The Labute approximate surface area is 165 Å². The summed E-state index contributed by atoms with van der Waals surface area (Å²) in [6.45, 7) is -0.470. The van der Waals surface area contributed by atoms with Crippen molar-refractivity contribution in [2.24, 2.45) is 0 Å². The molecule has 0 radical (unpaired) electrons. The molecule has 6 nitrogen and oxygen atoms in total. The minimum atomic E-state index is -4.03. The normalized spacial score (nSPS) is 20.7. The molecule has 2 aromatic carbocycles. The van der Waals surface area contributed by atoms with Crippen molar-refractivity contribution < 1.29 is 27.1 Å². The molecule has 1 heterocycles. The van der Waals surface area contributed by atoms with E-state index in [1.54, 1.807) is 0 Å². The molecule has 3 rings (SSSR count). The summed E-state index contributed by atoms with van der Waals surface area (Å²) in [6, 6.07) is 8.93. The monoisotopic (exact) mass is 430 g/mol. The molecule has 2 atom stereocenters. The van der Waals surface area contributed by atoms with Crippen molar-refractivity contribution in [3.8, 4) is 0 Å². The number of aliphatic hydroxyl groups excluding tert-OH is 1. The third-order valence-corrected chi connectivity index (χ3v) is 6.53. The number of sulfonamides is 1. The van der Waals surface area contributed by atoms with Crippen molar-refractivity contribution in [1.29, 1.82) is 0 Å². The highest BCUT2D eigenvalue weighted by molar-refractivity contribution is 7.89. The second kappa shape index (κ2) is 8.12. The number of halogens is 3. The highest BCUT2D eigenvalue weighted by Gasteiger charge is 2.35. The Balaban J connectivity index is 1.81. The van der Waals surface area contributed by atoms with Crippen molar-refractivity contribution >= 4 is 33.2 Å². The van der Waals surface area contributed by atoms with E-state index in [0.29, 0.717) is 0 Å². The van der Waals surface area contributed by atoms with Crippen molar-refractivity contribution in [1.82, 2.24) is 4.31 Å². The largest absolute Gasteiger partial charge is 0.390 e. The van der Waals surface area contributed by atoms with Crippen LogP contribution in [0.1, 0.15) is 16.8 Å². The standard InChI is InChI=1S/C18H17ClF2N2O4S/c19-14-9-12(4-5-15(14)20)22-18(25)11-2-1-3-13(8-11)28(26,27)23-7-6-17(24)16(21)10-23/h1-5,8-9,16-17,24H,6-7,10H2,(H,22,25). The summed E-state index contributed by atoms with van der Waals surface area (Å²) < 4.78 is 53.4. The Hall–Kier alpha value is -2.07. The molecule has 1 amide bonds. The maximum Gasteiger partial charge on any atom is 0.255 e. The van der Waals surface area contributed by atoms with Gasteiger partial charge in [-0.05, 0) is 42.8 Å². The van der Waals surface area contributed by atoms with Gasteiger partial charge in [0.15, 0.2) is 0 Å². The molecule has 10 heteroatoms. The molecule has 2 N–H and O–H groups in total. The summed E-state index contributed by atoms with van der Waals surface area (Å²) in [5.41, 5.74) is 0.297. The van der Waals surface area contributed by atoms with E-state index in [1.807, 2.05) is 0 Å². The van der Waals surface area contributed by atoms with E-state index >= 15 is 0 Å². The minimum Gasteiger partial charge on any atom is -0.390 e. The van der Waals surface area contributed by atoms with E-state index < -0.39 is 40.6 Å². The lowest BCUT2D eigenvalue weighted by molar-refractivity contribution is 0.0303. The maximum atomic E-state index is 13.7. The number of nitrogens with one attached hydrogen (secondary N) is 1. The van der Waals surface area contributed by atoms with Gasteiger partial charge in [-0.2, -0.15) is 4.31 Å². The first-order valence-corrected chi connectivity index (χ1v) is 10.2. The molecule has 1 saturated heterocycles. The topological polar surface area (TPSA) is 86.7 Å². The van der Waals surface area contributed by atoms with E-state index in [4.69, 9.17) is 11.6 Å². The number of carbonyl (C=O) groups excluding carboxylic acids is 1. The molecule has 1 aliphatic heterocycles. The van der Waals surface area contributed by atoms with Gasteiger partial charge in [0.2, 0.25) is 10.0 Å². The fourth-order valence-corrected chi connectivity index (χ4v) is 4.50. The van der Waals surface area contributed by atoms with Gasteiger partial charge >= 0.3 is 0 Å². The van der Waals surface area contributed by atoms with Crippen LogP contribution in [0.3, 0.4) is 0 Å². The molecule has 150 valence electrons. The van der Waals surface area contributed by atoms with Gasteiger partial charge in [0, 0.05) is 24.3 Å². The number of carbonyl (C=O) groups is 1. The zero-order valence-corrected chi connectivity index (χ0v) is 16.1. The van der Waals surface area contributed by atoms with E-state index in [0.717, 1.165) is 10.4 Å². The number of rotatable bonds is 4. The van der Waals surface area contributed by atoms with Crippen molar-refractivity contribution in [3.05, 3.63) is 58.9 Å². The van der Waals surface area contributed by atoms with Crippen LogP contribution >= 0.6 is 11.6 Å². The summed E-state index contributed by atoms with van der Waals surface area (Å²) in [6.07, 6.45) is -2.87. The smallest absolute Gasteiger partial charge is 0.255 e. The molecule has 0 aliphatic carbocycles. The highest BCUT2D eigenvalue weighted by Crippen LogP contribution is 2.24. The Bertz CT molecular complexity index is 1000. The molecule has 0 aromatic heterocycles. The number of piperidine rings is 1. The summed E-state index contributed by atoms with van der Waals surface area (Å²) in [5.74, 6) is -1.25. The van der Waals surface area contributed by atoms with Crippen LogP contribution < -0.4 is 5.32 Å². The number of hydrogen-bond acceptors (Lipinski definition) is 4. The lowest BCUT2D eigenvalue weighted by atomic mass is 10.1. The summed E-state index contributed by atoms with van der Waals surface area (Å²) >= 11 is 5.68. The second-order valence-corrected chi connectivity index (χ2v) is 8.69. The fraction of sp³-hybridized carbons (Fsp3) is 0.278. The van der Waals surface area contributed by atoms with E-state index in [1.165, 1.54) is 36.4 Å². The SMILES string of the molecule is O=C(Nc1ccc(F)c(Cl)c1)c1cccc(S(=O)(=O)N2CCC(O)C(F)C2)c1. The van der Waals surface area contributed by atoms with Gasteiger partial charge in [0.25, 0.3) is 5.91 Å². The first-order chi connectivity index (χ1) is 13.2. The van der Waals surface area contributed by atoms with E-state index in [9.17, 15) is 27.1 Å². The first kappa shape index (κ1) is 20.7. The van der Waals surface area contributed by atoms with Crippen LogP contribution in [0.25, 0.3) is 0 Å². The van der Waals surface area contributed by atoms with Gasteiger partial charge in [0.1, 0.15) is 12.0 Å². The fourth-order valence-electron chi connectivity index (χ4n) is 2.81. The molecule has 2 unspecified atom stereocenters. The summed E-state index contributed by atoms with van der Waals surface area (Å²) in [5, 5.41) is 11.8. The number of nitrogens with zero attached hydrogens (tertiary/aromatic N) is 1. The first-order valence-electron chi connectivity index (χ1n) is 8.37. The van der Waals surface area contributed by atoms with Crippen molar-refractivity contribution in [3.63, 3.8) is 0 Å². The zero-order valence-electron chi connectivity index (χ0n) is 14.5. The summed E-state index contributed by atoms with van der Waals surface area (Å²) in [7, 11) is -4.03. The van der Waals surface area contributed by atoms with Gasteiger partial charge in [-0.15, -0.1) is 0 Å². The molecule has 2 aromatic rings. The molecule has 0 bridgehead atoms. The molecule has 0 spiro atoms. The molecule has 1 aliphatic rings. The third-order valence-electron chi connectivity index (χ3n) is 4.38. The van der Waals surface area contributed by atoms with Gasteiger partial charge in [-0.3, -0.25) is 4.79 Å². The molecule has 28 heavy (non-hydrogen) atoms. The number of hydrogen-bond donors (Lipinski definition) is 2. The highest BCUT2D eigenvalue weighted by atomic mass is 35.5. The lowest BCUT2D eigenvalue weighted by Crippen LogP contribution is -2.47. The van der Waals surface area contributed by atoms with Gasteiger partial charge < -0.3 is 10.4 Å². The number of benzene rings is 2. The number of alkyl halides is 1. The third kappa shape index (κ3) is 4.33. The molecular formula is C18H17ClF2N2O4S. The van der Waals surface area contributed by atoms with Crippen LogP contribution in [-0.2, 0) is 10.0 Å². The van der Waals surface area contributed by atoms with Crippen LogP contribution in [0.15, 0.2) is 47.4 Å². The lowest BCUT2D eigenvalue weighted by Gasteiger charge is -2.31. The second-order valence-electron chi connectivity index (χ2n) is 6.35. The Morgan fingerprint density at radius 3 is 2.68 bits per heavy atom. The van der Waals surface area contributed by atoms with Gasteiger partial charge in [0.05, 0.1) is 16.0 Å². The Kier molecular flexibility index (Phi) is 5.99. The molecule has 1 fully saturated rings. The quantitative estimate of drug-likeness (QED) is 0.781. The number of amides is 1. The average molecular weight is 431 g/mol. The van der Waals surface area contributed by atoms with Crippen LogP contribution in [0.4, 0.5) is 14.5 Å². The molecule has 0 saturated carbocycles. The predicted molar refractivity (Wildman–Crippen MR) is 100 cm³/mol. The summed E-state index contributed by atoms with van der Waals surface area (Å²) in [4.78, 5) is 12.2. The average Bonchev–Trinajstić information content (AvgIpc) is 2.67. The number of anilines is 1. The van der Waals surface area contributed by atoms with Crippen molar-refractivity contribution in [2.75, 3.05) is 18.4 Å². The van der Waals surface area contributed by atoms with E-state index in [2.05, 4.69) is 5.32 Å². The van der Waals surface area contributed by atoms with Gasteiger partial charge in [-0.1, -0.05) is 17.7 Å². The minimum absolute atomic E-state index is 0.00804. The van der Waals surface area contributed by atoms with Crippen LogP contribution in [0.5, 0.6) is 0 Å². The maximum absolute atomic E-state index is 13.7. The Morgan fingerprint density at radius 1 is 1.25 bits per heavy atom. The molecular weight excluding hydrogens is 414 g/mol.